The van der Waals surface area contributed by atoms with Gasteiger partial charge in [0.1, 0.15) is 5.82 Å². The molecule has 0 saturated carbocycles. The first-order valence-electron chi connectivity index (χ1n) is 9.10. The van der Waals surface area contributed by atoms with Crippen LogP contribution in [0.1, 0.15) is 21.7 Å². The van der Waals surface area contributed by atoms with Crippen LogP contribution < -0.4 is 10.9 Å². The Bertz CT molecular complexity index is 1150. The molecule has 0 aliphatic heterocycles. The van der Waals surface area contributed by atoms with E-state index in [1.54, 1.807) is 29.6 Å². The molecule has 2 amide bonds. The molecule has 2 aromatic heterocycles. The van der Waals surface area contributed by atoms with Crippen LogP contribution in [-0.4, -0.2) is 16.8 Å². The number of hydrazine groups is 1. The smallest absolute Gasteiger partial charge is 0.279 e. The molecule has 0 saturated heterocycles. The van der Waals surface area contributed by atoms with Crippen LogP contribution in [0.15, 0.2) is 66.0 Å². The molecule has 0 fully saturated rings. The largest absolute Gasteiger partial charge is 0.354 e. The maximum atomic E-state index is 13.3. The molecular weight excluding hydrogens is 389 g/mol. The number of hydrogen-bond acceptors (Lipinski definition) is 3. The summed E-state index contributed by atoms with van der Waals surface area (Å²) < 4.78 is 13.3. The maximum Gasteiger partial charge on any atom is 0.279 e. The van der Waals surface area contributed by atoms with Gasteiger partial charge >= 0.3 is 0 Å². The van der Waals surface area contributed by atoms with Crippen LogP contribution in [0, 0.1) is 5.82 Å². The Hall–Kier alpha value is -3.45. The molecule has 0 aliphatic rings. The third-order valence-electron chi connectivity index (χ3n) is 4.61. The number of aromatic nitrogens is 1. The number of aryl methyl sites for hydroxylation is 1. The van der Waals surface area contributed by atoms with Crippen molar-refractivity contribution >= 4 is 34.1 Å². The minimum Gasteiger partial charge on any atom is -0.354 e. The topological polar surface area (TPSA) is 74.0 Å². The van der Waals surface area contributed by atoms with Gasteiger partial charge in [0.2, 0.25) is 5.91 Å². The standard InChI is InChI=1S/C22H18FN3O2S/c23-15-9-7-14(8-10-15)21-17(16-4-1-2-5-18(16)24-21)11-12-20(27)25-26-22(28)19-6-3-13-29-19/h1-10,13,24H,11-12H2,(H,25,27)(H,26,28). The highest BCUT2D eigenvalue weighted by Crippen LogP contribution is 2.31. The number of aromatic amines is 1. The van der Waals surface area contributed by atoms with Crippen LogP contribution in [0.3, 0.4) is 0 Å². The first kappa shape index (κ1) is 18.9. The molecule has 7 heteroatoms. The molecule has 0 atom stereocenters. The van der Waals surface area contributed by atoms with Gasteiger partial charge in [-0.3, -0.25) is 20.4 Å². The van der Waals surface area contributed by atoms with Gasteiger partial charge in [-0.15, -0.1) is 11.3 Å². The third kappa shape index (κ3) is 4.20. The summed E-state index contributed by atoms with van der Waals surface area (Å²) in [5, 5.41) is 2.81. The maximum absolute atomic E-state index is 13.3. The van der Waals surface area contributed by atoms with Crippen molar-refractivity contribution in [2.45, 2.75) is 12.8 Å². The zero-order valence-corrected chi connectivity index (χ0v) is 16.2. The van der Waals surface area contributed by atoms with E-state index in [0.717, 1.165) is 27.7 Å². The van der Waals surface area contributed by atoms with Crippen LogP contribution in [0.2, 0.25) is 0 Å². The SMILES string of the molecule is O=C(CCc1c(-c2ccc(F)cc2)[nH]c2ccccc12)NNC(=O)c1cccs1. The first-order valence-corrected chi connectivity index (χ1v) is 9.98. The van der Waals surface area contributed by atoms with Gasteiger partial charge in [0.15, 0.2) is 0 Å². The average Bonchev–Trinajstić information content (AvgIpc) is 3.39. The van der Waals surface area contributed by atoms with Gasteiger partial charge in [0.25, 0.3) is 5.91 Å². The normalized spacial score (nSPS) is 10.8. The summed E-state index contributed by atoms with van der Waals surface area (Å²) in [6.45, 7) is 0. The predicted octanol–water partition coefficient (Wildman–Crippen LogP) is 4.43. The summed E-state index contributed by atoms with van der Waals surface area (Å²) in [7, 11) is 0. The Kier molecular flexibility index (Phi) is 5.39. The zero-order chi connectivity index (χ0) is 20.2. The molecule has 0 unspecified atom stereocenters. The van der Waals surface area contributed by atoms with Crippen molar-refractivity contribution in [2.75, 3.05) is 0 Å². The van der Waals surface area contributed by atoms with Gasteiger partial charge in [-0.2, -0.15) is 0 Å². The number of carbonyl (C=O) groups excluding carboxylic acids is 2. The third-order valence-corrected chi connectivity index (χ3v) is 5.48. The molecule has 2 heterocycles. The molecule has 0 spiro atoms. The quantitative estimate of drug-likeness (QED) is 0.428. The second-order valence-corrected chi connectivity index (χ2v) is 7.46. The van der Waals surface area contributed by atoms with E-state index >= 15 is 0 Å². The highest BCUT2D eigenvalue weighted by molar-refractivity contribution is 7.12. The summed E-state index contributed by atoms with van der Waals surface area (Å²) in [5.74, 6) is -0.926. The summed E-state index contributed by atoms with van der Waals surface area (Å²) >= 11 is 1.30. The molecule has 5 nitrogen and oxygen atoms in total. The number of halogens is 1. The van der Waals surface area contributed by atoms with Crippen molar-refractivity contribution in [3.8, 4) is 11.3 Å². The Balaban J connectivity index is 1.49. The minimum absolute atomic E-state index is 0.195. The number of carbonyl (C=O) groups is 2. The fraction of sp³-hybridized carbons (Fsp3) is 0.0909. The lowest BCUT2D eigenvalue weighted by atomic mass is 10.0. The van der Waals surface area contributed by atoms with Crippen LogP contribution in [0.4, 0.5) is 4.39 Å². The summed E-state index contributed by atoms with van der Waals surface area (Å²) in [5.41, 5.74) is 8.53. The number of nitrogens with one attached hydrogen (secondary N) is 3. The Morgan fingerprint density at radius 2 is 1.76 bits per heavy atom. The number of rotatable bonds is 5. The van der Waals surface area contributed by atoms with E-state index in [-0.39, 0.29) is 24.1 Å². The lowest BCUT2D eigenvalue weighted by Gasteiger charge is -2.08. The molecule has 4 aromatic rings. The molecule has 2 aromatic carbocycles. The van der Waals surface area contributed by atoms with Crippen molar-refractivity contribution in [3.63, 3.8) is 0 Å². The molecule has 0 radical (unpaired) electrons. The number of benzene rings is 2. The van der Waals surface area contributed by atoms with E-state index in [0.29, 0.717) is 11.3 Å². The summed E-state index contributed by atoms with van der Waals surface area (Å²) in [4.78, 5) is 28.1. The monoisotopic (exact) mass is 407 g/mol. The summed E-state index contributed by atoms with van der Waals surface area (Å²) in [6, 6.07) is 17.5. The van der Waals surface area contributed by atoms with Crippen molar-refractivity contribution in [3.05, 3.63) is 82.3 Å². The lowest BCUT2D eigenvalue weighted by Crippen LogP contribution is -2.41. The highest BCUT2D eigenvalue weighted by atomic mass is 32.1. The van der Waals surface area contributed by atoms with Gasteiger partial charge in [-0.05, 0) is 59.3 Å². The Morgan fingerprint density at radius 1 is 0.966 bits per heavy atom. The van der Waals surface area contributed by atoms with Gasteiger partial charge in [0, 0.05) is 23.0 Å². The van der Waals surface area contributed by atoms with Crippen molar-refractivity contribution in [1.29, 1.82) is 0 Å². The second-order valence-electron chi connectivity index (χ2n) is 6.51. The van der Waals surface area contributed by atoms with E-state index in [4.69, 9.17) is 0 Å². The van der Waals surface area contributed by atoms with E-state index in [1.165, 1.54) is 23.5 Å². The number of hydrogen-bond donors (Lipinski definition) is 3. The van der Waals surface area contributed by atoms with Gasteiger partial charge < -0.3 is 4.98 Å². The van der Waals surface area contributed by atoms with E-state index in [1.807, 2.05) is 24.3 Å². The molecule has 146 valence electrons. The van der Waals surface area contributed by atoms with Crippen LogP contribution in [-0.2, 0) is 11.2 Å². The fourth-order valence-corrected chi connectivity index (χ4v) is 3.84. The zero-order valence-electron chi connectivity index (χ0n) is 15.4. The number of amides is 2. The van der Waals surface area contributed by atoms with Gasteiger partial charge in [0.05, 0.1) is 4.88 Å². The average molecular weight is 407 g/mol. The van der Waals surface area contributed by atoms with Crippen LogP contribution >= 0.6 is 11.3 Å². The fourth-order valence-electron chi connectivity index (χ4n) is 3.22. The number of H-pyrrole nitrogens is 1. The number of thiophene rings is 1. The van der Waals surface area contributed by atoms with Crippen molar-refractivity contribution < 1.29 is 14.0 Å². The van der Waals surface area contributed by atoms with E-state index in [9.17, 15) is 14.0 Å². The molecule has 3 N–H and O–H groups in total. The molecule has 0 aliphatic carbocycles. The molecule has 29 heavy (non-hydrogen) atoms. The Morgan fingerprint density at radius 3 is 2.52 bits per heavy atom. The minimum atomic E-state index is -0.340. The number of fused-ring (bicyclic) bond motifs is 1. The van der Waals surface area contributed by atoms with Crippen molar-refractivity contribution in [2.24, 2.45) is 0 Å². The van der Waals surface area contributed by atoms with Crippen LogP contribution in [0.5, 0.6) is 0 Å². The predicted molar refractivity (Wildman–Crippen MR) is 112 cm³/mol. The molecule has 4 rings (SSSR count). The Labute approximate surface area is 170 Å². The van der Waals surface area contributed by atoms with E-state index in [2.05, 4.69) is 15.8 Å². The molecule has 0 bridgehead atoms. The van der Waals surface area contributed by atoms with Crippen molar-refractivity contribution in [1.82, 2.24) is 15.8 Å². The van der Waals surface area contributed by atoms with Gasteiger partial charge in [-0.25, -0.2) is 4.39 Å². The van der Waals surface area contributed by atoms with Gasteiger partial charge in [-0.1, -0.05) is 24.3 Å². The first-order chi connectivity index (χ1) is 14.1. The lowest BCUT2D eigenvalue weighted by molar-refractivity contribution is -0.121. The van der Waals surface area contributed by atoms with Crippen LogP contribution in [0.25, 0.3) is 22.2 Å². The number of para-hydroxylation sites is 1. The molecular formula is C22H18FN3O2S. The second kappa shape index (κ2) is 8.28. The summed E-state index contributed by atoms with van der Waals surface area (Å²) in [6.07, 6.45) is 0.665. The van der Waals surface area contributed by atoms with E-state index < -0.39 is 0 Å². The highest BCUT2D eigenvalue weighted by Gasteiger charge is 2.15.